The third kappa shape index (κ3) is 3.47. The van der Waals surface area contributed by atoms with E-state index in [2.05, 4.69) is 18.7 Å². The minimum Gasteiger partial charge on any atom is -0.486 e. The second kappa shape index (κ2) is 6.57. The number of hydrogen-bond acceptors (Lipinski definition) is 4. The highest BCUT2D eigenvalue weighted by Crippen LogP contribution is 2.31. The Labute approximate surface area is 114 Å². The summed E-state index contributed by atoms with van der Waals surface area (Å²) >= 11 is 0. The number of ketones is 1. The maximum absolute atomic E-state index is 12.1. The largest absolute Gasteiger partial charge is 0.486 e. The molecule has 0 fully saturated rings. The monoisotopic (exact) mass is 263 g/mol. The summed E-state index contributed by atoms with van der Waals surface area (Å²) in [5.74, 6) is 1.57. The number of ether oxygens (including phenoxy) is 2. The summed E-state index contributed by atoms with van der Waals surface area (Å²) in [6, 6.07) is 5.43. The lowest BCUT2D eigenvalue weighted by Crippen LogP contribution is -2.25. The predicted octanol–water partition coefficient (Wildman–Crippen LogP) is 2.37. The van der Waals surface area contributed by atoms with Crippen molar-refractivity contribution < 1.29 is 14.3 Å². The van der Waals surface area contributed by atoms with Crippen molar-refractivity contribution in [2.45, 2.75) is 20.3 Å². The summed E-state index contributed by atoms with van der Waals surface area (Å²) in [5.41, 5.74) is 0.705. The van der Waals surface area contributed by atoms with Gasteiger partial charge in [0.05, 0.1) is 0 Å². The lowest BCUT2D eigenvalue weighted by molar-refractivity contribution is 0.0965. The van der Waals surface area contributed by atoms with Crippen molar-refractivity contribution in [2.24, 2.45) is 0 Å². The Hall–Kier alpha value is -1.55. The SMILES string of the molecule is CCN(CC)CCC(=O)c1ccc2c(c1)OCCO2. The van der Waals surface area contributed by atoms with E-state index in [1.165, 1.54) is 0 Å². The number of fused-ring (bicyclic) bond motifs is 1. The maximum Gasteiger partial charge on any atom is 0.164 e. The van der Waals surface area contributed by atoms with Crippen LogP contribution < -0.4 is 9.47 Å². The smallest absolute Gasteiger partial charge is 0.164 e. The summed E-state index contributed by atoms with van der Waals surface area (Å²) in [7, 11) is 0. The summed E-state index contributed by atoms with van der Waals surface area (Å²) < 4.78 is 10.9. The molecule has 0 radical (unpaired) electrons. The number of rotatable bonds is 6. The fourth-order valence-corrected chi connectivity index (χ4v) is 2.16. The first kappa shape index (κ1) is 13.9. The van der Waals surface area contributed by atoms with Gasteiger partial charge in [0, 0.05) is 18.5 Å². The lowest BCUT2D eigenvalue weighted by Gasteiger charge is -2.19. The molecule has 0 aromatic heterocycles. The molecule has 19 heavy (non-hydrogen) atoms. The maximum atomic E-state index is 12.1. The van der Waals surface area contributed by atoms with Gasteiger partial charge < -0.3 is 14.4 Å². The molecule has 0 spiro atoms. The molecule has 0 N–H and O–H groups in total. The molecular formula is C15H21NO3. The van der Waals surface area contributed by atoms with Crippen LogP contribution in [-0.2, 0) is 0 Å². The van der Waals surface area contributed by atoms with Gasteiger partial charge in [-0.2, -0.15) is 0 Å². The molecule has 0 unspecified atom stereocenters. The van der Waals surface area contributed by atoms with Crippen LogP contribution in [0.15, 0.2) is 18.2 Å². The van der Waals surface area contributed by atoms with E-state index in [1.54, 1.807) is 6.07 Å². The van der Waals surface area contributed by atoms with Crippen LogP contribution in [0.5, 0.6) is 11.5 Å². The van der Waals surface area contributed by atoms with E-state index in [-0.39, 0.29) is 5.78 Å². The molecule has 0 saturated carbocycles. The van der Waals surface area contributed by atoms with E-state index in [1.807, 2.05) is 12.1 Å². The molecule has 1 heterocycles. The van der Waals surface area contributed by atoms with Gasteiger partial charge in [0.2, 0.25) is 0 Å². The van der Waals surface area contributed by atoms with Gasteiger partial charge in [-0.3, -0.25) is 4.79 Å². The molecule has 0 aliphatic carbocycles. The zero-order chi connectivity index (χ0) is 13.7. The fourth-order valence-electron chi connectivity index (χ4n) is 2.16. The van der Waals surface area contributed by atoms with Crippen LogP contribution in [0.3, 0.4) is 0 Å². The number of carbonyl (C=O) groups is 1. The highest BCUT2D eigenvalue weighted by molar-refractivity contribution is 5.96. The Bertz CT molecular complexity index is 441. The van der Waals surface area contributed by atoms with E-state index in [0.717, 1.165) is 25.4 Å². The normalized spacial score (nSPS) is 13.6. The first-order chi connectivity index (χ1) is 9.24. The first-order valence-corrected chi connectivity index (χ1v) is 6.89. The van der Waals surface area contributed by atoms with Gasteiger partial charge in [-0.25, -0.2) is 0 Å². The van der Waals surface area contributed by atoms with Crippen LogP contribution in [0.1, 0.15) is 30.6 Å². The number of carbonyl (C=O) groups excluding carboxylic acids is 1. The minimum atomic E-state index is 0.156. The molecular weight excluding hydrogens is 242 g/mol. The fraction of sp³-hybridized carbons (Fsp3) is 0.533. The molecule has 1 aliphatic rings. The highest BCUT2D eigenvalue weighted by atomic mass is 16.6. The van der Waals surface area contributed by atoms with Gasteiger partial charge >= 0.3 is 0 Å². The summed E-state index contributed by atoms with van der Waals surface area (Å²) in [6.45, 7) is 8.10. The zero-order valence-corrected chi connectivity index (χ0v) is 11.6. The molecule has 0 saturated heterocycles. The standard InChI is InChI=1S/C15H21NO3/c1-3-16(4-2)8-7-13(17)12-5-6-14-15(11-12)19-10-9-18-14/h5-6,11H,3-4,7-10H2,1-2H3. The third-order valence-electron chi connectivity index (χ3n) is 3.41. The zero-order valence-electron chi connectivity index (χ0n) is 11.6. The van der Waals surface area contributed by atoms with E-state index < -0.39 is 0 Å². The highest BCUT2D eigenvalue weighted by Gasteiger charge is 2.15. The van der Waals surface area contributed by atoms with Crippen molar-refractivity contribution in [3.63, 3.8) is 0 Å². The summed E-state index contributed by atoms with van der Waals surface area (Å²) in [5, 5.41) is 0. The molecule has 4 nitrogen and oxygen atoms in total. The number of hydrogen-bond donors (Lipinski definition) is 0. The molecule has 0 atom stereocenters. The van der Waals surface area contributed by atoms with Crippen LogP contribution in [0.2, 0.25) is 0 Å². The van der Waals surface area contributed by atoms with E-state index >= 15 is 0 Å². The van der Waals surface area contributed by atoms with Gasteiger partial charge in [-0.05, 0) is 31.3 Å². The number of nitrogens with zero attached hydrogens (tertiary/aromatic N) is 1. The molecule has 104 valence electrons. The first-order valence-electron chi connectivity index (χ1n) is 6.89. The molecule has 4 heteroatoms. The van der Waals surface area contributed by atoms with Gasteiger partial charge in [0.15, 0.2) is 17.3 Å². The van der Waals surface area contributed by atoms with Crippen LogP contribution in [-0.4, -0.2) is 43.5 Å². The number of benzene rings is 1. The molecule has 2 rings (SSSR count). The molecule has 1 aromatic carbocycles. The minimum absolute atomic E-state index is 0.156. The summed E-state index contributed by atoms with van der Waals surface area (Å²) in [6.07, 6.45) is 0.543. The van der Waals surface area contributed by atoms with Crippen LogP contribution >= 0.6 is 0 Å². The van der Waals surface area contributed by atoms with Crippen molar-refractivity contribution >= 4 is 5.78 Å². The van der Waals surface area contributed by atoms with E-state index in [4.69, 9.17) is 9.47 Å². The van der Waals surface area contributed by atoms with Crippen molar-refractivity contribution in [2.75, 3.05) is 32.8 Å². The van der Waals surface area contributed by atoms with Crippen molar-refractivity contribution in [3.8, 4) is 11.5 Å². The van der Waals surface area contributed by atoms with Crippen LogP contribution in [0.25, 0.3) is 0 Å². The Morgan fingerprint density at radius 1 is 1.16 bits per heavy atom. The average molecular weight is 263 g/mol. The van der Waals surface area contributed by atoms with Crippen molar-refractivity contribution in [1.29, 1.82) is 0 Å². The lowest BCUT2D eigenvalue weighted by atomic mass is 10.1. The molecule has 0 amide bonds. The van der Waals surface area contributed by atoms with Gasteiger partial charge in [-0.15, -0.1) is 0 Å². The molecule has 1 aromatic rings. The van der Waals surface area contributed by atoms with Gasteiger partial charge in [0.25, 0.3) is 0 Å². The topological polar surface area (TPSA) is 38.8 Å². The van der Waals surface area contributed by atoms with Gasteiger partial charge in [0.1, 0.15) is 13.2 Å². The van der Waals surface area contributed by atoms with E-state index in [0.29, 0.717) is 30.9 Å². The van der Waals surface area contributed by atoms with Crippen molar-refractivity contribution in [1.82, 2.24) is 4.90 Å². The Kier molecular flexibility index (Phi) is 4.80. The summed E-state index contributed by atoms with van der Waals surface area (Å²) in [4.78, 5) is 14.4. The quantitative estimate of drug-likeness (QED) is 0.739. The molecule has 0 bridgehead atoms. The average Bonchev–Trinajstić information content (AvgIpc) is 2.47. The second-order valence-corrected chi connectivity index (χ2v) is 4.56. The number of Topliss-reactive ketones (excluding diaryl/α,β-unsaturated/α-hetero) is 1. The Morgan fingerprint density at radius 2 is 1.84 bits per heavy atom. The second-order valence-electron chi connectivity index (χ2n) is 4.56. The Morgan fingerprint density at radius 3 is 2.53 bits per heavy atom. The van der Waals surface area contributed by atoms with Crippen LogP contribution in [0, 0.1) is 0 Å². The van der Waals surface area contributed by atoms with Crippen LogP contribution in [0.4, 0.5) is 0 Å². The Balaban J connectivity index is 1.99. The molecule has 1 aliphatic heterocycles. The van der Waals surface area contributed by atoms with E-state index in [9.17, 15) is 4.79 Å². The predicted molar refractivity (Wildman–Crippen MR) is 74.2 cm³/mol. The van der Waals surface area contributed by atoms with Crippen molar-refractivity contribution in [3.05, 3.63) is 23.8 Å². The van der Waals surface area contributed by atoms with Gasteiger partial charge in [-0.1, -0.05) is 13.8 Å². The third-order valence-corrected chi connectivity index (χ3v) is 3.41.